The minimum absolute atomic E-state index is 0.0722. The van der Waals surface area contributed by atoms with Gasteiger partial charge in [-0.2, -0.15) is 4.39 Å². The van der Waals surface area contributed by atoms with Crippen LogP contribution in [0.25, 0.3) is 11.4 Å². The first-order valence-electron chi connectivity index (χ1n) is 5.46. The number of carboxylic acids is 1. The van der Waals surface area contributed by atoms with Crippen molar-refractivity contribution in [2.45, 2.75) is 0 Å². The topological polar surface area (TPSA) is 127 Å². The van der Waals surface area contributed by atoms with E-state index in [1.807, 2.05) is 4.72 Å². The minimum Gasteiger partial charge on any atom is -0.476 e. The molecule has 21 heavy (non-hydrogen) atoms. The van der Waals surface area contributed by atoms with Gasteiger partial charge in [0.15, 0.2) is 5.69 Å². The zero-order chi connectivity index (χ0) is 15.8. The van der Waals surface area contributed by atoms with Crippen molar-refractivity contribution in [1.82, 2.24) is 20.0 Å². The maximum absolute atomic E-state index is 13.8. The molecule has 0 aliphatic carbocycles. The summed E-state index contributed by atoms with van der Waals surface area (Å²) in [5.74, 6) is -2.39. The number of aromatic nitrogens is 4. The lowest BCUT2D eigenvalue weighted by atomic mass is 10.2. The summed E-state index contributed by atoms with van der Waals surface area (Å²) < 4.78 is 38.8. The van der Waals surface area contributed by atoms with Crippen LogP contribution in [-0.4, -0.2) is 45.7 Å². The molecule has 112 valence electrons. The highest BCUT2D eigenvalue weighted by atomic mass is 32.2. The Kier molecular flexibility index (Phi) is 3.60. The van der Waals surface area contributed by atoms with E-state index in [0.29, 0.717) is 0 Å². The summed E-state index contributed by atoms with van der Waals surface area (Å²) in [5.41, 5.74) is -0.792. The fourth-order valence-corrected chi connectivity index (χ4v) is 2.16. The van der Waals surface area contributed by atoms with Crippen molar-refractivity contribution < 1.29 is 22.7 Å². The second kappa shape index (κ2) is 5.09. The van der Waals surface area contributed by atoms with Crippen LogP contribution in [0.4, 0.5) is 10.1 Å². The highest BCUT2D eigenvalue weighted by Crippen LogP contribution is 2.22. The molecule has 0 spiro atoms. The smallest absolute Gasteiger partial charge is 0.356 e. The van der Waals surface area contributed by atoms with Crippen LogP contribution in [0.1, 0.15) is 10.5 Å². The molecule has 2 heterocycles. The summed E-state index contributed by atoms with van der Waals surface area (Å²) >= 11 is 0. The Morgan fingerprint density at radius 3 is 2.62 bits per heavy atom. The van der Waals surface area contributed by atoms with Crippen molar-refractivity contribution in [2.75, 3.05) is 11.0 Å². The van der Waals surface area contributed by atoms with E-state index >= 15 is 0 Å². The van der Waals surface area contributed by atoms with Crippen LogP contribution in [0.2, 0.25) is 0 Å². The maximum atomic E-state index is 13.8. The number of aromatic carboxylic acids is 1. The van der Waals surface area contributed by atoms with Crippen LogP contribution in [0, 0.1) is 5.95 Å². The average molecular weight is 315 g/mol. The predicted octanol–water partition coefficient (Wildman–Crippen LogP) is 0.0859. The Balaban J connectivity index is 2.48. The van der Waals surface area contributed by atoms with E-state index in [4.69, 9.17) is 5.11 Å². The zero-order valence-electron chi connectivity index (χ0n) is 10.9. The summed E-state index contributed by atoms with van der Waals surface area (Å²) in [6, 6.07) is 2.37. The third kappa shape index (κ3) is 3.13. The molecule has 0 aliphatic heterocycles. The number of aryl methyl sites for hydroxylation is 1. The van der Waals surface area contributed by atoms with Gasteiger partial charge in [-0.25, -0.2) is 22.9 Å². The first-order valence-corrected chi connectivity index (χ1v) is 7.36. The van der Waals surface area contributed by atoms with Crippen molar-refractivity contribution in [3.63, 3.8) is 0 Å². The van der Waals surface area contributed by atoms with Gasteiger partial charge >= 0.3 is 5.97 Å². The number of halogens is 1. The Labute approximate surface area is 118 Å². The fourth-order valence-electron chi connectivity index (χ4n) is 1.61. The molecule has 2 aromatic rings. The summed E-state index contributed by atoms with van der Waals surface area (Å²) in [5, 5.41) is 16.2. The molecule has 2 aromatic heterocycles. The van der Waals surface area contributed by atoms with Crippen LogP contribution in [0.5, 0.6) is 0 Å². The van der Waals surface area contributed by atoms with Crippen molar-refractivity contribution in [3.8, 4) is 11.4 Å². The molecule has 9 nitrogen and oxygen atoms in total. The van der Waals surface area contributed by atoms with E-state index in [9.17, 15) is 17.6 Å². The minimum atomic E-state index is -3.65. The van der Waals surface area contributed by atoms with Crippen molar-refractivity contribution in [2.24, 2.45) is 7.05 Å². The largest absolute Gasteiger partial charge is 0.476 e. The fraction of sp³-hybridized carbons (Fsp3) is 0.200. The zero-order valence-corrected chi connectivity index (χ0v) is 11.7. The van der Waals surface area contributed by atoms with Crippen LogP contribution in [-0.2, 0) is 17.1 Å². The van der Waals surface area contributed by atoms with Crippen molar-refractivity contribution >= 4 is 21.7 Å². The van der Waals surface area contributed by atoms with E-state index < -0.39 is 21.9 Å². The summed E-state index contributed by atoms with van der Waals surface area (Å²) in [7, 11) is -2.28. The quantitative estimate of drug-likeness (QED) is 0.765. The molecule has 0 saturated heterocycles. The molecule has 0 bridgehead atoms. The number of sulfonamides is 1. The van der Waals surface area contributed by atoms with Crippen molar-refractivity contribution in [1.29, 1.82) is 0 Å². The molecule has 0 fully saturated rings. The second-order valence-electron chi connectivity index (χ2n) is 4.12. The third-order valence-corrected chi connectivity index (χ3v) is 3.01. The number of rotatable bonds is 4. The molecule has 0 unspecified atom stereocenters. The van der Waals surface area contributed by atoms with Gasteiger partial charge < -0.3 is 5.11 Å². The number of hydrogen-bond donors (Lipinski definition) is 2. The van der Waals surface area contributed by atoms with Gasteiger partial charge in [-0.05, 0) is 12.1 Å². The van der Waals surface area contributed by atoms with E-state index in [2.05, 4.69) is 15.3 Å². The molecule has 2 rings (SSSR count). The lowest BCUT2D eigenvalue weighted by Crippen LogP contribution is -2.12. The molecule has 0 atom stereocenters. The Hall–Kier alpha value is -2.56. The van der Waals surface area contributed by atoms with Gasteiger partial charge in [-0.3, -0.25) is 4.72 Å². The Morgan fingerprint density at radius 2 is 2.10 bits per heavy atom. The number of pyridine rings is 1. The van der Waals surface area contributed by atoms with Gasteiger partial charge in [0.05, 0.1) is 11.9 Å². The van der Waals surface area contributed by atoms with Gasteiger partial charge in [-0.15, -0.1) is 5.10 Å². The molecule has 0 radical (unpaired) electrons. The highest BCUT2D eigenvalue weighted by molar-refractivity contribution is 7.92. The molecular formula is C10H10FN5O4S. The predicted molar refractivity (Wildman–Crippen MR) is 69.6 cm³/mol. The first-order chi connectivity index (χ1) is 9.69. The second-order valence-corrected chi connectivity index (χ2v) is 5.87. The van der Waals surface area contributed by atoms with E-state index in [1.165, 1.54) is 13.1 Å². The summed E-state index contributed by atoms with van der Waals surface area (Å²) in [4.78, 5) is 14.6. The van der Waals surface area contributed by atoms with Crippen LogP contribution >= 0.6 is 0 Å². The van der Waals surface area contributed by atoms with Crippen LogP contribution in [0.15, 0.2) is 12.1 Å². The molecule has 11 heteroatoms. The Morgan fingerprint density at radius 1 is 1.43 bits per heavy atom. The van der Waals surface area contributed by atoms with Crippen LogP contribution < -0.4 is 4.72 Å². The lowest BCUT2D eigenvalue weighted by molar-refractivity contribution is 0.0686. The van der Waals surface area contributed by atoms with E-state index in [0.717, 1.165) is 17.0 Å². The third-order valence-electron chi connectivity index (χ3n) is 2.42. The number of nitrogens with zero attached hydrogens (tertiary/aromatic N) is 4. The SMILES string of the molecule is Cn1nnc(-c2ccc(NS(C)(=O)=O)c(F)n2)c1C(=O)O. The van der Waals surface area contributed by atoms with Gasteiger partial charge in [0, 0.05) is 7.05 Å². The van der Waals surface area contributed by atoms with Gasteiger partial charge in [0.1, 0.15) is 11.4 Å². The summed E-state index contributed by atoms with van der Waals surface area (Å²) in [6.07, 6.45) is 0.867. The number of carbonyl (C=O) groups is 1. The number of nitrogens with one attached hydrogen (secondary N) is 1. The molecule has 0 saturated carbocycles. The monoisotopic (exact) mass is 315 g/mol. The number of carboxylic acid groups (broad SMARTS) is 1. The number of anilines is 1. The molecule has 0 aromatic carbocycles. The summed E-state index contributed by atoms with van der Waals surface area (Å²) in [6.45, 7) is 0. The lowest BCUT2D eigenvalue weighted by Gasteiger charge is -2.05. The van der Waals surface area contributed by atoms with Gasteiger partial charge in [0.25, 0.3) is 0 Å². The maximum Gasteiger partial charge on any atom is 0.356 e. The van der Waals surface area contributed by atoms with Crippen molar-refractivity contribution in [3.05, 3.63) is 23.8 Å². The highest BCUT2D eigenvalue weighted by Gasteiger charge is 2.21. The number of hydrogen-bond acceptors (Lipinski definition) is 6. The molecule has 0 aliphatic rings. The van der Waals surface area contributed by atoms with Crippen LogP contribution in [0.3, 0.4) is 0 Å². The van der Waals surface area contributed by atoms with Gasteiger partial charge in [-0.1, -0.05) is 5.21 Å². The van der Waals surface area contributed by atoms with Gasteiger partial charge in [0.2, 0.25) is 16.0 Å². The van der Waals surface area contributed by atoms with E-state index in [1.54, 1.807) is 0 Å². The molecule has 2 N–H and O–H groups in total. The van der Waals surface area contributed by atoms with E-state index in [-0.39, 0.29) is 22.8 Å². The standard InChI is InChI=1S/C10H10FN5O4S/c1-16-8(10(17)18)7(13-15-16)5-3-4-6(9(11)12-5)14-21(2,19)20/h3-4,14H,1-2H3,(H,17,18). The first kappa shape index (κ1) is 14.8. The average Bonchev–Trinajstić information content (AvgIpc) is 2.72. The molecule has 0 amide bonds. The normalized spacial score (nSPS) is 11.4. The Bertz CT molecular complexity index is 817. The molecular weight excluding hydrogens is 305 g/mol.